The van der Waals surface area contributed by atoms with E-state index < -0.39 is 12.1 Å². The number of Topliss-reactive ketones (excluding diaryl/α,β-unsaturated/α-hetero) is 1. The van der Waals surface area contributed by atoms with Crippen molar-refractivity contribution in [1.29, 1.82) is 0 Å². The van der Waals surface area contributed by atoms with Crippen LogP contribution in [0.2, 0.25) is 0 Å². The molecule has 0 aliphatic heterocycles. The van der Waals surface area contributed by atoms with Gasteiger partial charge in [0.1, 0.15) is 24.2 Å². The Morgan fingerprint density at radius 1 is 1.19 bits per heavy atom. The number of ketones is 1. The zero-order chi connectivity index (χ0) is 19.5. The summed E-state index contributed by atoms with van der Waals surface area (Å²) in [5, 5.41) is 18.7. The van der Waals surface area contributed by atoms with Crippen molar-refractivity contribution in [3.8, 4) is 5.75 Å². The van der Waals surface area contributed by atoms with E-state index in [2.05, 4.69) is 0 Å². The van der Waals surface area contributed by atoms with Crippen LogP contribution < -0.4 is 4.74 Å². The van der Waals surface area contributed by atoms with Crippen molar-refractivity contribution >= 4 is 11.8 Å². The fourth-order valence-electron chi connectivity index (χ4n) is 3.56. The first-order chi connectivity index (χ1) is 13.1. The topological polar surface area (TPSA) is 83.8 Å². The molecule has 0 amide bonds. The molecule has 5 heteroatoms. The van der Waals surface area contributed by atoms with E-state index in [1.54, 1.807) is 6.08 Å². The van der Waals surface area contributed by atoms with E-state index >= 15 is 0 Å². The summed E-state index contributed by atoms with van der Waals surface area (Å²) in [4.78, 5) is 22.7. The zero-order valence-electron chi connectivity index (χ0n) is 15.8. The number of aliphatic hydroxyl groups is 1. The largest absolute Gasteiger partial charge is 0.491 e. The van der Waals surface area contributed by atoms with E-state index in [0.717, 1.165) is 37.9 Å². The highest BCUT2D eigenvalue weighted by Crippen LogP contribution is 2.34. The molecule has 0 saturated heterocycles. The molecular formula is C22H30O5. The van der Waals surface area contributed by atoms with Gasteiger partial charge < -0.3 is 14.9 Å². The molecule has 2 rings (SSSR count). The number of carbonyl (C=O) groups is 2. The first-order valence-corrected chi connectivity index (χ1v) is 9.85. The number of aliphatic carboxylic acids is 1. The van der Waals surface area contributed by atoms with E-state index in [-0.39, 0.29) is 24.9 Å². The number of hydrogen-bond donors (Lipinski definition) is 2. The molecule has 27 heavy (non-hydrogen) atoms. The first-order valence-electron chi connectivity index (χ1n) is 9.85. The number of carbonyl (C=O) groups excluding carboxylic acids is 1. The number of para-hydroxylation sites is 1. The molecule has 0 heterocycles. The van der Waals surface area contributed by atoms with E-state index in [9.17, 15) is 14.7 Å². The van der Waals surface area contributed by atoms with E-state index in [1.165, 1.54) is 0 Å². The molecule has 148 valence electrons. The Morgan fingerprint density at radius 3 is 2.67 bits per heavy atom. The van der Waals surface area contributed by atoms with Gasteiger partial charge in [0.15, 0.2) is 0 Å². The smallest absolute Gasteiger partial charge is 0.303 e. The maximum atomic E-state index is 12.2. The van der Waals surface area contributed by atoms with Gasteiger partial charge in [0.2, 0.25) is 0 Å². The Labute approximate surface area is 161 Å². The van der Waals surface area contributed by atoms with Crippen LogP contribution >= 0.6 is 0 Å². The van der Waals surface area contributed by atoms with Crippen LogP contribution in [0.3, 0.4) is 0 Å². The van der Waals surface area contributed by atoms with Crippen LogP contribution in [0, 0.1) is 11.8 Å². The van der Waals surface area contributed by atoms with Gasteiger partial charge in [-0.1, -0.05) is 49.6 Å². The van der Waals surface area contributed by atoms with E-state index in [4.69, 9.17) is 9.84 Å². The monoisotopic (exact) mass is 374 g/mol. The molecule has 3 atom stereocenters. The number of carboxylic acid groups (broad SMARTS) is 1. The van der Waals surface area contributed by atoms with Gasteiger partial charge in [0.05, 0.1) is 0 Å². The lowest BCUT2D eigenvalue weighted by Gasteiger charge is -2.15. The molecule has 0 unspecified atom stereocenters. The van der Waals surface area contributed by atoms with Gasteiger partial charge in [0, 0.05) is 18.8 Å². The minimum atomic E-state index is -0.749. The third-order valence-corrected chi connectivity index (χ3v) is 5.05. The molecule has 0 bridgehead atoms. The van der Waals surface area contributed by atoms with Gasteiger partial charge in [-0.25, -0.2) is 0 Å². The minimum Gasteiger partial charge on any atom is -0.491 e. The lowest BCUT2D eigenvalue weighted by Crippen LogP contribution is -2.17. The van der Waals surface area contributed by atoms with Crippen LogP contribution in [0.5, 0.6) is 5.75 Å². The van der Waals surface area contributed by atoms with Crippen molar-refractivity contribution in [2.75, 3.05) is 6.61 Å². The van der Waals surface area contributed by atoms with Gasteiger partial charge in [-0.2, -0.15) is 0 Å². The third-order valence-electron chi connectivity index (χ3n) is 5.05. The Morgan fingerprint density at radius 2 is 1.93 bits per heavy atom. The average Bonchev–Trinajstić information content (AvgIpc) is 3.01. The second kappa shape index (κ2) is 11.5. The van der Waals surface area contributed by atoms with Gasteiger partial charge in [0.25, 0.3) is 0 Å². The van der Waals surface area contributed by atoms with Gasteiger partial charge in [-0.05, 0) is 37.3 Å². The molecule has 1 fully saturated rings. The maximum Gasteiger partial charge on any atom is 0.303 e. The lowest BCUT2D eigenvalue weighted by atomic mass is 9.89. The van der Waals surface area contributed by atoms with Crippen LogP contribution in [-0.4, -0.2) is 34.7 Å². The average molecular weight is 374 g/mol. The number of allylic oxidation sites excluding steroid dienone is 1. The van der Waals surface area contributed by atoms with Crippen molar-refractivity contribution < 1.29 is 24.5 Å². The number of carboxylic acids is 1. The second-order valence-electron chi connectivity index (χ2n) is 7.20. The number of benzene rings is 1. The predicted molar refractivity (Wildman–Crippen MR) is 104 cm³/mol. The van der Waals surface area contributed by atoms with Crippen molar-refractivity contribution in [1.82, 2.24) is 0 Å². The molecule has 1 aliphatic carbocycles. The summed E-state index contributed by atoms with van der Waals surface area (Å²) < 4.78 is 5.54. The molecule has 2 N–H and O–H groups in total. The summed E-state index contributed by atoms with van der Waals surface area (Å²) in [6.07, 6.45) is 9.02. The highest BCUT2D eigenvalue weighted by atomic mass is 16.5. The molecule has 1 aromatic carbocycles. The van der Waals surface area contributed by atoms with Crippen LogP contribution in [-0.2, 0) is 9.59 Å². The standard InChI is InChI=1S/C22H30O5/c23-18(16-27-19-8-4-3-5-9-19)14-12-17-13-15-21(24)20(17)10-6-1-2-7-11-22(25)26/h3-5,8-9,12,14,17-18,20,23H,1-2,6-7,10-11,13,15-16H2,(H,25,26)/b14-12+/t17-,18+,20+/m0/s1. The number of aliphatic hydroxyl groups excluding tert-OH is 1. The molecule has 0 aromatic heterocycles. The van der Waals surface area contributed by atoms with Crippen LogP contribution in [0.1, 0.15) is 51.4 Å². The maximum absolute atomic E-state index is 12.2. The number of unbranched alkanes of at least 4 members (excludes halogenated alkanes) is 3. The SMILES string of the molecule is O=C(O)CCCCCC[C@H]1C(=O)CC[C@@H]1/C=C/[C@@H](O)COc1ccccc1. The zero-order valence-corrected chi connectivity index (χ0v) is 15.8. The summed E-state index contributed by atoms with van der Waals surface area (Å²) in [7, 11) is 0. The Kier molecular flexibility index (Phi) is 9.05. The normalized spacial score (nSPS) is 20.9. The Bertz CT molecular complexity index is 610. The summed E-state index contributed by atoms with van der Waals surface area (Å²) >= 11 is 0. The van der Waals surface area contributed by atoms with Crippen molar-refractivity contribution in [2.45, 2.75) is 57.5 Å². The second-order valence-corrected chi connectivity index (χ2v) is 7.20. The summed E-state index contributed by atoms with van der Waals surface area (Å²) in [5.74, 6) is 0.499. The summed E-state index contributed by atoms with van der Waals surface area (Å²) in [5.41, 5.74) is 0. The van der Waals surface area contributed by atoms with E-state index in [1.807, 2.05) is 36.4 Å². The van der Waals surface area contributed by atoms with E-state index in [0.29, 0.717) is 18.6 Å². The number of rotatable bonds is 12. The predicted octanol–water partition coefficient (Wildman–Crippen LogP) is 4.00. The molecule has 1 aliphatic rings. The highest BCUT2D eigenvalue weighted by molar-refractivity contribution is 5.83. The van der Waals surface area contributed by atoms with Gasteiger partial charge in [-0.3, -0.25) is 9.59 Å². The fraction of sp³-hybridized carbons (Fsp3) is 0.545. The number of hydrogen-bond acceptors (Lipinski definition) is 4. The van der Waals surface area contributed by atoms with Gasteiger partial charge >= 0.3 is 5.97 Å². The van der Waals surface area contributed by atoms with Crippen LogP contribution in [0.25, 0.3) is 0 Å². The molecule has 5 nitrogen and oxygen atoms in total. The molecule has 0 spiro atoms. The molecule has 1 saturated carbocycles. The van der Waals surface area contributed by atoms with Gasteiger partial charge in [-0.15, -0.1) is 0 Å². The summed E-state index contributed by atoms with van der Waals surface area (Å²) in [6.45, 7) is 0.190. The highest BCUT2D eigenvalue weighted by Gasteiger charge is 2.32. The Hall–Kier alpha value is -2.14. The third kappa shape index (κ3) is 7.95. The number of ether oxygens (including phenoxy) is 1. The fourth-order valence-corrected chi connectivity index (χ4v) is 3.56. The van der Waals surface area contributed by atoms with Crippen LogP contribution in [0.4, 0.5) is 0 Å². The molecular weight excluding hydrogens is 344 g/mol. The lowest BCUT2D eigenvalue weighted by molar-refractivity contribution is -0.137. The molecule has 1 aromatic rings. The van der Waals surface area contributed by atoms with Crippen LogP contribution in [0.15, 0.2) is 42.5 Å². The van der Waals surface area contributed by atoms with Crippen molar-refractivity contribution in [3.63, 3.8) is 0 Å². The molecule has 0 radical (unpaired) electrons. The quantitative estimate of drug-likeness (QED) is 0.427. The Balaban J connectivity index is 1.70. The first kappa shape index (κ1) is 21.2. The van der Waals surface area contributed by atoms with Crippen molar-refractivity contribution in [2.24, 2.45) is 11.8 Å². The summed E-state index contributed by atoms with van der Waals surface area (Å²) in [6, 6.07) is 9.37. The van der Waals surface area contributed by atoms with Crippen molar-refractivity contribution in [3.05, 3.63) is 42.5 Å². The minimum absolute atomic E-state index is 0.0305.